The highest BCUT2D eigenvalue weighted by molar-refractivity contribution is 6.35. The topological polar surface area (TPSA) is 115 Å². The Bertz CT molecular complexity index is 1050. The zero-order chi connectivity index (χ0) is 22.0. The summed E-state index contributed by atoms with van der Waals surface area (Å²) < 4.78 is 0. The Kier molecular flexibility index (Phi) is 6.28. The van der Waals surface area contributed by atoms with Gasteiger partial charge in [0.15, 0.2) is 5.78 Å². The minimum absolute atomic E-state index is 0.0643. The number of hydrogen-bond donors (Lipinski definition) is 3. The molecule has 2 heterocycles. The number of H-pyrrole nitrogens is 1. The van der Waals surface area contributed by atoms with E-state index in [1.807, 2.05) is 12.1 Å². The predicted molar refractivity (Wildman–Crippen MR) is 116 cm³/mol. The van der Waals surface area contributed by atoms with E-state index in [2.05, 4.69) is 21.7 Å². The molecule has 3 atom stereocenters. The molecule has 0 spiro atoms. The second kappa shape index (κ2) is 9.11. The molecule has 1 aliphatic heterocycles. The summed E-state index contributed by atoms with van der Waals surface area (Å²) in [7, 11) is 0. The van der Waals surface area contributed by atoms with Crippen molar-refractivity contribution < 1.29 is 14.4 Å². The molecule has 8 heteroatoms. The molecule has 3 N–H and O–H groups in total. The average molecular weight is 441 g/mol. The number of aromatic nitrogens is 1. The van der Waals surface area contributed by atoms with Gasteiger partial charge in [-0.1, -0.05) is 36.6 Å². The third-order valence-corrected chi connectivity index (χ3v) is 6.49. The van der Waals surface area contributed by atoms with E-state index in [1.54, 1.807) is 12.1 Å². The first kappa shape index (κ1) is 21.4. The van der Waals surface area contributed by atoms with Gasteiger partial charge in [-0.3, -0.25) is 14.4 Å². The van der Waals surface area contributed by atoms with Gasteiger partial charge in [0.1, 0.15) is 6.04 Å². The highest BCUT2D eigenvalue weighted by atomic mass is 35.5. The van der Waals surface area contributed by atoms with E-state index in [1.165, 1.54) is 0 Å². The van der Waals surface area contributed by atoms with Crippen LogP contribution in [0.1, 0.15) is 49.0 Å². The number of fused-ring (bicyclic) bond motifs is 1. The largest absolute Gasteiger partial charge is 0.356 e. The van der Waals surface area contributed by atoms with Gasteiger partial charge in [-0.25, -0.2) is 0 Å². The first-order valence-corrected chi connectivity index (χ1v) is 11.1. The molecule has 2 aliphatic rings. The maximum Gasteiger partial charge on any atom is 0.224 e. The van der Waals surface area contributed by atoms with E-state index in [0.29, 0.717) is 48.0 Å². The van der Waals surface area contributed by atoms with Crippen molar-refractivity contribution in [2.45, 2.75) is 44.6 Å². The van der Waals surface area contributed by atoms with Gasteiger partial charge in [0.2, 0.25) is 11.8 Å². The minimum Gasteiger partial charge on any atom is -0.356 e. The molecule has 162 valence electrons. The summed E-state index contributed by atoms with van der Waals surface area (Å²) in [5, 5.41) is 16.4. The molecule has 7 nitrogen and oxygen atoms in total. The number of ketones is 1. The number of amides is 2. The van der Waals surface area contributed by atoms with Gasteiger partial charge >= 0.3 is 0 Å². The number of halogens is 1. The van der Waals surface area contributed by atoms with Crippen molar-refractivity contribution in [1.29, 1.82) is 5.26 Å². The molecule has 0 bridgehead atoms. The number of benzene rings is 1. The van der Waals surface area contributed by atoms with E-state index in [-0.39, 0.29) is 29.9 Å². The molecule has 1 aliphatic carbocycles. The summed E-state index contributed by atoms with van der Waals surface area (Å²) in [4.78, 5) is 40.8. The highest BCUT2D eigenvalue weighted by Gasteiger charge is 2.33. The summed E-state index contributed by atoms with van der Waals surface area (Å²) >= 11 is 6.20. The van der Waals surface area contributed by atoms with Crippen molar-refractivity contribution in [2.24, 2.45) is 17.8 Å². The lowest BCUT2D eigenvalue weighted by molar-refractivity contribution is -0.127. The van der Waals surface area contributed by atoms with Crippen molar-refractivity contribution >= 4 is 40.1 Å². The smallest absolute Gasteiger partial charge is 0.224 e. The number of aromatic amines is 1. The molecule has 2 amide bonds. The minimum atomic E-state index is -0.745. The summed E-state index contributed by atoms with van der Waals surface area (Å²) in [6.07, 6.45) is 3.77. The van der Waals surface area contributed by atoms with Gasteiger partial charge in [-0.05, 0) is 37.3 Å². The fourth-order valence-electron chi connectivity index (χ4n) is 4.23. The van der Waals surface area contributed by atoms with E-state index < -0.39 is 12.0 Å². The summed E-state index contributed by atoms with van der Waals surface area (Å²) in [5.41, 5.74) is 1.13. The van der Waals surface area contributed by atoms with Crippen molar-refractivity contribution in [3.8, 4) is 6.07 Å². The Morgan fingerprint density at radius 2 is 2.06 bits per heavy atom. The van der Waals surface area contributed by atoms with Gasteiger partial charge < -0.3 is 15.6 Å². The van der Waals surface area contributed by atoms with Crippen LogP contribution in [0.3, 0.4) is 0 Å². The van der Waals surface area contributed by atoms with Crippen LogP contribution in [-0.2, 0) is 9.59 Å². The number of carbonyl (C=O) groups excluding carboxylic acids is 3. The summed E-state index contributed by atoms with van der Waals surface area (Å²) in [6.45, 7) is 0.600. The lowest BCUT2D eigenvalue weighted by Gasteiger charge is -2.19. The molecule has 1 aromatic carbocycles. The third kappa shape index (κ3) is 5.08. The van der Waals surface area contributed by atoms with Crippen LogP contribution in [0.25, 0.3) is 10.9 Å². The van der Waals surface area contributed by atoms with Gasteiger partial charge in [-0.2, -0.15) is 5.26 Å². The lowest BCUT2D eigenvalue weighted by atomic mass is 9.93. The third-order valence-electron chi connectivity index (χ3n) is 6.18. The Labute approximate surface area is 185 Å². The van der Waals surface area contributed by atoms with Crippen molar-refractivity contribution in [2.75, 3.05) is 6.54 Å². The lowest BCUT2D eigenvalue weighted by Crippen LogP contribution is -2.40. The number of nitrogens with zero attached hydrogens (tertiary/aromatic N) is 1. The molecule has 1 aromatic heterocycles. The molecular weight excluding hydrogens is 416 g/mol. The normalized spacial score (nSPS) is 20.1. The number of hydrogen-bond acceptors (Lipinski definition) is 4. The molecule has 0 radical (unpaired) electrons. The SMILES string of the molecule is N#C[C@H](C[C@@H]1CCNC1=O)NC(=O)[C@@H](CC(=O)c1cc2cccc(Cl)c2[nH]1)CC1CC1. The highest BCUT2D eigenvalue weighted by Crippen LogP contribution is 2.37. The average Bonchev–Trinajstić information content (AvgIpc) is 3.30. The van der Waals surface area contributed by atoms with E-state index >= 15 is 0 Å². The summed E-state index contributed by atoms with van der Waals surface area (Å²) in [5.74, 6) is -0.839. The molecule has 1 saturated carbocycles. The first-order valence-electron chi connectivity index (χ1n) is 10.7. The van der Waals surface area contributed by atoms with Crippen LogP contribution in [0.4, 0.5) is 0 Å². The number of nitriles is 1. The number of carbonyl (C=O) groups is 3. The predicted octanol–water partition coefficient (Wildman–Crippen LogP) is 3.34. The monoisotopic (exact) mass is 440 g/mol. The summed E-state index contributed by atoms with van der Waals surface area (Å²) in [6, 6.07) is 8.56. The van der Waals surface area contributed by atoms with Crippen LogP contribution in [0.15, 0.2) is 24.3 Å². The maximum absolute atomic E-state index is 13.0. The molecule has 2 aromatic rings. The van der Waals surface area contributed by atoms with Crippen LogP contribution < -0.4 is 10.6 Å². The van der Waals surface area contributed by atoms with E-state index in [0.717, 1.165) is 18.2 Å². The number of rotatable bonds is 9. The molecule has 2 fully saturated rings. The standard InChI is InChI=1S/C23H25ClN4O3/c24-18-3-1-2-14-10-19(28-21(14)18)20(29)11-16(8-13-4-5-13)23(31)27-17(12-25)9-15-6-7-26-22(15)30/h1-3,10,13,15-17,28H,4-9,11H2,(H,26,30)(H,27,31)/t15-,16+,17-/m0/s1. The molecule has 31 heavy (non-hydrogen) atoms. The van der Waals surface area contributed by atoms with Gasteiger partial charge in [-0.15, -0.1) is 0 Å². The van der Waals surface area contributed by atoms with Crippen LogP contribution >= 0.6 is 11.6 Å². The number of para-hydroxylation sites is 1. The Morgan fingerprint density at radius 1 is 1.26 bits per heavy atom. The van der Waals surface area contributed by atoms with E-state index in [9.17, 15) is 19.6 Å². The van der Waals surface area contributed by atoms with Crippen LogP contribution in [-0.4, -0.2) is 35.2 Å². The second-order valence-electron chi connectivity index (χ2n) is 8.59. The second-order valence-corrected chi connectivity index (χ2v) is 9.00. The first-order chi connectivity index (χ1) is 14.9. The number of nitrogens with one attached hydrogen (secondary N) is 3. The van der Waals surface area contributed by atoms with Crippen LogP contribution in [0.5, 0.6) is 0 Å². The number of Topliss-reactive ketones (excluding diaryl/α,β-unsaturated/α-hetero) is 1. The van der Waals surface area contributed by atoms with Crippen LogP contribution in [0, 0.1) is 29.1 Å². The molecular formula is C23H25ClN4O3. The van der Waals surface area contributed by atoms with Crippen molar-refractivity contribution in [3.63, 3.8) is 0 Å². The van der Waals surface area contributed by atoms with Gasteiger partial charge in [0.25, 0.3) is 0 Å². The van der Waals surface area contributed by atoms with Crippen molar-refractivity contribution in [1.82, 2.24) is 15.6 Å². The Morgan fingerprint density at radius 3 is 2.71 bits per heavy atom. The molecule has 0 unspecified atom stereocenters. The van der Waals surface area contributed by atoms with Gasteiger partial charge in [0.05, 0.1) is 22.3 Å². The zero-order valence-electron chi connectivity index (χ0n) is 17.1. The van der Waals surface area contributed by atoms with Gasteiger partial charge in [0, 0.05) is 30.2 Å². The molecule has 4 rings (SSSR count). The zero-order valence-corrected chi connectivity index (χ0v) is 17.9. The quantitative estimate of drug-likeness (QED) is 0.518. The van der Waals surface area contributed by atoms with E-state index in [4.69, 9.17) is 11.6 Å². The molecule has 1 saturated heterocycles. The maximum atomic E-state index is 13.0. The van der Waals surface area contributed by atoms with Crippen LogP contribution in [0.2, 0.25) is 5.02 Å². The Balaban J connectivity index is 1.43. The fraction of sp³-hybridized carbons (Fsp3) is 0.478. The fourth-order valence-corrected chi connectivity index (χ4v) is 4.46. The Hall–Kier alpha value is -2.85. The van der Waals surface area contributed by atoms with Crippen molar-refractivity contribution in [3.05, 3.63) is 35.0 Å².